The maximum absolute atomic E-state index is 12.4. The number of hydrogen-bond donors (Lipinski definition) is 3. The molecule has 2 aromatic rings. The molecule has 1 saturated heterocycles. The number of H-pyrrole nitrogens is 1. The van der Waals surface area contributed by atoms with Crippen LogP contribution in [0.4, 0.5) is 5.69 Å². The van der Waals surface area contributed by atoms with Gasteiger partial charge in [-0.3, -0.25) is 19.2 Å². The first-order valence-corrected chi connectivity index (χ1v) is 8.31. The minimum atomic E-state index is -0.963. The van der Waals surface area contributed by atoms with Crippen molar-refractivity contribution in [3.8, 4) is 0 Å². The van der Waals surface area contributed by atoms with Crippen molar-refractivity contribution >= 4 is 34.2 Å². The van der Waals surface area contributed by atoms with Gasteiger partial charge in [0, 0.05) is 30.4 Å². The number of carboxylic acids is 1. The van der Waals surface area contributed by atoms with E-state index in [4.69, 9.17) is 0 Å². The van der Waals surface area contributed by atoms with E-state index in [1.165, 1.54) is 11.1 Å². The van der Waals surface area contributed by atoms with E-state index in [1.807, 2.05) is 6.92 Å². The van der Waals surface area contributed by atoms with Gasteiger partial charge in [-0.15, -0.1) is 0 Å². The molecule has 8 heteroatoms. The van der Waals surface area contributed by atoms with Crippen molar-refractivity contribution in [3.05, 3.63) is 40.8 Å². The maximum atomic E-state index is 12.4. The van der Waals surface area contributed by atoms with E-state index in [-0.39, 0.29) is 18.0 Å². The zero-order valence-electron chi connectivity index (χ0n) is 14.2. The van der Waals surface area contributed by atoms with E-state index in [0.29, 0.717) is 29.4 Å². The molecule has 0 saturated carbocycles. The van der Waals surface area contributed by atoms with E-state index >= 15 is 0 Å². The number of likely N-dealkylation sites (tertiary alicyclic amines) is 1. The average Bonchev–Trinajstić information content (AvgIpc) is 2.61. The number of aliphatic carboxylic acids is 1. The fraction of sp³-hybridized carbons (Fsp3) is 0.333. The molecule has 3 rings (SSSR count). The van der Waals surface area contributed by atoms with E-state index in [9.17, 15) is 24.3 Å². The summed E-state index contributed by atoms with van der Waals surface area (Å²) in [5.74, 6) is -3.26. The molecule has 136 valence electrons. The zero-order valence-corrected chi connectivity index (χ0v) is 14.2. The number of carbonyl (C=O) groups is 3. The molecule has 2 heterocycles. The number of carbonyl (C=O) groups excluding carboxylic acids is 2. The number of amides is 2. The Bertz CT molecular complexity index is 936. The second-order valence-corrected chi connectivity index (χ2v) is 6.52. The van der Waals surface area contributed by atoms with Crippen LogP contribution in [0.25, 0.3) is 10.8 Å². The number of nitrogens with zero attached hydrogens (tertiary/aromatic N) is 1. The summed E-state index contributed by atoms with van der Waals surface area (Å²) in [6, 6.07) is 6.41. The molecule has 0 bridgehead atoms. The SMILES string of the molecule is CC1CCN(C(=O)C(=O)Nc2ccc3c(=O)[nH]ccc3c2)CC1C(=O)O. The highest BCUT2D eigenvalue weighted by Gasteiger charge is 2.35. The van der Waals surface area contributed by atoms with Gasteiger partial charge in [0.2, 0.25) is 0 Å². The van der Waals surface area contributed by atoms with Gasteiger partial charge in [0.15, 0.2) is 0 Å². The summed E-state index contributed by atoms with van der Waals surface area (Å²) in [4.78, 5) is 51.4. The lowest BCUT2D eigenvalue weighted by molar-refractivity contribution is -0.151. The molecule has 1 aromatic carbocycles. The first kappa shape index (κ1) is 17.7. The van der Waals surface area contributed by atoms with E-state index in [1.54, 1.807) is 24.3 Å². The molecule has 0 radical (unpaired) electrons. The lowest BCUT2D eigenvalue weighted by atomic mass is 9.87. The van der Waals surface area contributed by atoms with Gasteiger partial charge < -0.3 is 20.3 Å². The molecule has 2 unspecified atom stereocenters. The van der Waals surface area contributed by atoms with Crippen molar-refractivity contribution in [3.63, 3.8) is 0 Å². The summed E-state index contributed by atoms with van der Waals surface area (Å²) in [7, 11) is 0. The maximum Gasteiger partial charge on any atom is 0.313 e. The summed E-state index contributed by atoms with van der Waals surface area (Å²) < 4.78 is 0. The van der Waals surface area contributed by atoms with Crippen LogP contribution in [-0.4, -0.2) is 45.9 Å². The predicted molar refractivity (Wildman–Crippen MR) is 94.7 cm³/mol. The molecule has 0 spiro atoms. The van der Waals surface area contributed by atoms with Crippen LogP contribution in [-0.2, 0) is 14.4 Å². The predicted octanol–water partition coefficient (Wildman–Crippen LogP) is 1.04. The van der Waals surface area contributed by atoms with Gasteiger partial charge in [0.25, 0.3) is 5.56 Å². The normalized spacial score (nSPS) is 20.0. The van der Waals surface area contributed by atoms with Crippen LogP contribution < -0.4 is 10.9 Å². The summed E-state index contributed by atoms with van der Waals surface area (Å²) in [5, 5.41) is 12.9. The highest BCUT2D eigenvalue weighted by molar-refractivity contribution is 6.39. The van der Waals surface area contributed by atoms with Gasteiger partial charge in [-0.25, -0.2) is 0 Å². The number of rotatable bonds is 2. The second kappa shape index (κ2) is 6.99. The monoisotopic (exact) mass is 357 g/mol. The lowest BCUT2D eigenvalue weighted by Crippen LogP contribution is -2.49. The van der Waals surface area contributed by atoms with E-state index < -0.39 is 23.7 Å². The fourth-order valence-electron chi connectivity index (χ4n) is 3.17. The Balaban J connectivity index is 1.72. The molecule has 1 fully saturated rings. The molecular weight excluding hydrogens is 338 g/mol. The van der Waals surface area contributed by atoms with E-state index in [0.717, 1.165) is 0 Å². The van der Waals surface area contributed by atoms with Crippen LogP contribution in [0.2, 0.25) is 0 Å². The standard InChI is InChI=1S/C18H19N3O5/c1-10-5-7-21(9-14(10)18(25)26)17(24)16(23)20-12-2-3-13-11(8-12)4-6-19-15(13)22/h2-4,6,8,10,14H,5,7,9H2,1H3,(H,19,22)(H,20,23)(H,25,26). The largest absolute Gasteiger partial charge is 0.481 e. The van der Waals surface area contributed by atoms with Gasteiger partial charge in [-0.05, 0) is 42.0 Å². The van der Waals surface area contributed by atoms with Crippen LogP contribution in [0.3, 0.4) is 0 Å². The van der Waals surface area contributed by atoms with Gasteiger partial charge in [-0.1, -0.05) is 6.92 Å². The molecule has 26 heavy (non-hydrogen) atoms. The zero-order chi connectivity index (χ0) is 18.8. The number of benzene rings is 1. The van der Waals surface area contributed by atoms with Crippen molar-refractivity contribution in [1.29, 1.82) is 0 Å². The molecule has 2 amide bonds. The number of carboxylic acid groups (broad SMARTS) is 1. The second-order valence-electron chi connectivity index (χ2n) is 6.52. The van der Waals surface area contributed by atoms with Crippen LogP contribution >= 0.6 is 0 Å². The van der Waals surface area contributed by atoms with Crippen LogP contribution in [0.5, 0.6) is 0 Å². The molecule has 0 aliphatic carbocycles. The quantitative estimate of drug-likeness (QED) is 0.694. The number of nitrogens with one attached hydrogen (secondary N) is 2. The van der Waals surface area contributed by atoms with Crippen LogP contribution in [0.1, 0.15) is 13.3 Å². The topological polar surface area (TPSA) is 120 Å². The molecule has 2 atom stereocenters. The summed E-state index contributed by atoms with van der Waals surface area (Å²) >= 11 is 0. The Morgan fingerprint density at radius 2 is 2.04 bits per heavy atom. The summed E-state index contributed by atoms with van der Waals surface area (Å²) in [6.45, 7) is 2.21. The third-order valence-electron chi connectivity index (χ3n) is 4.79. The minimum absolute atomic E-state index is 0.0237. The number of pyridine rings is 1. The van der Waals surface area contributed by atoms with Crippen LogP contribution in [0.15, 0.2) is 35.3 Å². The number of anilines is 1. The summed E-state index contributed by atoms with van der Waals surface area (Å²) in [5.41, 5.74) is 0.153. The van der Waals surface area contributed by atoms with Crippen molar-refractivity contribution in [1.82, 2.24) is 9.88 Å². The minimum Gasteiger partial charge on any atom is -0.481 e. The Labute approximate surface area is 148 Å². The van der Waals surface area contributed by atoms with Crippen molar-refractivity contribution < 1.29 is 19.5 Å². The van der Waals surface area contributed by atoms with Gasteiger partial charge in [0.1, 0.15) is 0 Å². The van der Waals surface area contributed by atoms with Gasteiger partial charge >= 0.3 is 17.8 Å². The van der Waals surface area contributed by atoms with Gasteiger partial charge in [0.05, 0.1) is 5.92 Å². The number of aromatic amines is 1. The number of fused-ring (bicyclic) bond motifs is 1. The van der Waals surface area contributed by atoms with Crippen molar-refractivity contribution in [2.75, 3.05) is 18.4 Å². The first-order chi connectivity index (χ1) is 12.4. The molecule has 8 nitrogen and oxygen atoms in total. The third kappa shape index (κ3) is 3.44. The Hall–Kier alpha value is -3.16. The van der Waals surface area contributed by atoms with Crippen molar-refractivity contribution in [2.24, 2.45) is 11.8 Å². The van der Waals surface area contributed by atoms with Gasteiger partial charge in [-0.2, -0.15) is 0 Å². The molecule has 1 aliphatic rings. The van der Waals surface area contributed by atoms with E-state index in [2.05, 4.69) is 10.3 Å². The van der Waals surface area contributed by atoms with Crippen molar-refractivity contribution in [2.45, 2.75) is 13.3 Å². The third-order valence-corrected chi connectivity index (χ3v) is 4.79. The molecular formula is C18H19N3O5. The fourth-order valence-corrected chi connectivity index (χ4v) is 3.17. The highest BCUT2D eigenvalue weighted by Crippen LogP contribution is 2.24. The Kier molecular flexibility index (Phi) is 4.75. The number of hydrogen-bond acceptors (Lipinski definition) is 4. The number of piperidine rings is 1. The molecule has 1 aliphatic heterocycles. The summed E-state index contributed by atoms with van der Waals surface area (Å²) in [6.07, 6.45) is 2.04. The van der Waals surface area contributed by atoms with Crippen LogP contribution in [0, 0.1) is 11.8 Å². The average molecular weight is 357 g/mol. The number of aromatic nitrogens is 1. The Morgan fingerprint density at radius 1 is 1.27 bits per heavy atom. The smallest absolute Gasteiger partial charge is 0.313 e. The molecule has 3 N–H and O–H groups in total. The highest BCUT2D eigenvalue weighted by atomic mass is 16.4. The first-order valence-electron chi connectivity index (χ1n) is 8.31. The lowest BCUT2D eigenvalue weighted by Gasteiger charge is -2.34. The molecule has 1 aromatic heterocycles. The Morgan fingerprint density at radius 3 is 2.77 bits per heavy atom.